The number of nitrogens with zero attached hydrogens (tertiary/aromatic N) is 2. The predicted molar refractivity (Wildman–Crippen MR) is 77.5 cm³/mol. The van der Waals surface area contributed by atoms with Crippen LogP contribution in [0.4, 0.5) is 0 Å². The fraction of sp³-hybridized carbons (Fsp3) is 0.154. The van der Waals surface area contributed by atoms with Gasteiger partial charge in [0.15, 0.2) is 11.5 Å². The van der Waals surface area contributed by atoms with Crippen molar-refractivity contribution >= 4 is 12.1 Å². The first-order valence-corrected chi connectivity index (χ1v) is 6.51. The van der Waals surface area contributed by atoms with Crippen molar-refractivity contribution in [2.75, 3.05) is 6.79 Å². The maximum Gasteiger partial charge on any atom is 0.342 e. The van der Waals surface area contributed by atoms with Crippen molar-refractivity contribution in [3.8, 4) is 11.5 Å². The van der Waals surface area contributed by atoms with Crippen LogP contribution in [0.25, 0.3) is 0 Å². The summed E-state index contributed by atoms with van der Waals surface area (Å²) in [6.45, 7) is 0.174. The standard InChI is InChI=1S/C13H11N5O5/c19-11(4-8-12(20)15-13(21)18-16-8)17-14-5-7-1-2-9-10(3-7)23-6-22-9/h1-3,5H,4,6H2,(H,17,19)(H2,15,18,20,21)/b14-5-. The molecule has 0 radical (unpaired) electrons. The SMILES string of the molecule is O=C(Cc1n[nH]c(=O)[nH]c1=O)N/N=C\c1ccc2c(c1)OCO2. The van der Waals surface area contributed by atoms with E-state index >= 15 is 0 Å². The predicted octanol–water partition coefficient (Wildman–Crippen LogP) is -1.12. The summed E-state index contributed by atoms with van der Waals surface area (Å²) < 4.78 is 10.4. The summed E-state index contributed by atoms with van der Waals surface area (Å²) in [5.41, 5.74) is 1.40. The molecule has 3 rings (SSSR count). The summed E-state index contributed by atoms with van der Waals surface area (Å²) in [6.07, 6.45) is 1.11. The smallest absolute Gasteiger partial charge is 0.342 e. The number of carbonyl (C=O) groups is 1. The van der Waals surface area contributed by atoms with Crippen LogP contribution in [0, 0.1) is 0 Å². The molecule has 0 saturated carbocycles. The fourth-order valence-corrected chi connectivity index (χ4v) is 1.86. The van der Waals surface area contributed by atoms with E-state index in [1.807, 2.05) is 10.1 Å². The molecule has 10 heteroatoms. The minimum atomic E-state index is -0.736. The average Bonchev–Trinajstić information content (AvgIpc) is 2.98. The molecular formula is C13H11N5O5. The number of hydrazone groups is 1. The second-order valence-electron chi connectivity index (χ2n) is 4.54. The van der Waals surface area contributed by atoms with Crippen LogP contribution in [0.3, 0.4) is 0 Å². The van der Waals surface area contributed by atoms with Crippen LogP contribution in [0.5, 0.6) is 11.5 Å². The lowest BCUT2D eigenvalue weighted by atomic mass is 10.2. The molecule has 1 amide bonds. The quantitative estimate of drug-likeness (QED) is 0.482. The van der Waals surface area contributed by atoms with Gasteiger partial charge in [-0.05, 0) is 23.8 Å². The Bertz CT molecular complexity index is 885. The Morgan fingerprint density at radius 3 is 3.00 bits per heavy atom. The molecule has 2 aromatic rings. The van der Waals surface area contributed by atoms with E-state index in [-0.39, 0.29) is 18.9 Å². The van der Waals surface area contributed by atoms with Crippen LogP contribution in [0.1, 0.15) is 11.3 Å². The van der Waals surface area contributed by atoms with Crippen LogP contribution < -0.4 is 26.1 Å². The van der Waals surface area contributed by atoms with Gasteiger partial charge in [-0.15, -0.1) is 0 Å². The van der Waals surface area contributed by atoms with Gasteiger partial charge in [-0.3, -0.25) is 14.6 Å². The fourth-order valence-electron chi connectivity index (χ4n) is 1.86. The normalized spacial score (nSPS) is 12.5. The second kappa shape index (κ2) is 6.13. The summed E-state index contributed by atoms with van der Waals surface area (Å²) in [7, 11) is 0. The van der Waals surface area contributed by atoms with Gasteiger partial charge in [-0.2, -0.15) is 10.2 Å². The number of aromatic nitrogens is 3. The zero-order valence-corrected chi connectivity index (χ0v) is 11.7. The van der Waals surface area contributed by atoms with Crippen molar-refractivity contribution in [2.24, 2.45) is 5.10 Å². The zero-order valence-electron chi connectivity index (χ0n) is 11.7. The molecule has 0 unspecified atom stereocenters. The Kier molecular flexibility index (Phi) is 3.87. The van der Waals surface area contributed by atoms with Crippen molar-refractivity contribution < 1.29 is 14.3 Å². The monoisotopic (exact) mass is 317 g/mol. The summed E-state index contributed by atoms with van der Waals surface area (Å²) in [4.78, 5) is 35.9. The number of hydrogen-bond donors (Lipinski definition) is 3. The Hall–Kier alpha value is -3.43. The number of fused-ring (bicyclic) bond motifs is 1. The third-order valence-electron chi connectivity index (χ3n) is 2.91. The Labute approximate surface area is 128 Å². The number of nitrogens with one attached hydrogen (secondary N) is 3. The first-order valence-electron chi connectivity index (χ1n) is 6.51. The highest BCUT2D eigenvalue weighted by Crippen LogP contribution is 2.31. The molecule has 1 aromatic carbocycles. The van der Waals surface area contributed by atoms with E-state index in [0.717, 1.165) is 0 Å². The van der Waals surface area contributed by atoms with Gasteiger partial charge in [0, 0.05) is 0 Å². The number of benzene rings is 1. The van der Waals surface area contributed by atoms with Gasteiger partial charge in [0.1, 0.15) is 5.69 Å². The summed E-state index contributed by atoms with van der Waals surface area (Å²) in [6, 6.07) is 5.19. The molecule has 118 valence electrons. The number of ether oxygens (including phenoxy) is 2. The Morgan fingerprint density at radius 1 is 1.35 bits per heavy atom. The van der Waals surface area contributed by atoms with Crippen LogP contribution in [0.2, 0.25) is 0 Å². The minimum absolute atomic E-state index is 0.111. The highest BCUT2D eigenvalue weighted by Gasteiger charge is 2.12. The van der Waals surface area contributed by atoms with Gasteiger partial charge in [0.05, 0.1) is 12.6 Å². The largest absolute Gasteiger partial charge is 0.454 e. The van der Waals surface area contributed by atoms with Crippen LogP contribution in [-0.4, -0.2) is 34.1 Å². The lowest BCUT2D eigenvalue weighted by molar-refractivity contribution is -0.120. The molecule has 1 aliphatic rings. The maximum atomic E-state index is 11.7. The molecule has 0 bridgehead atoms. The van der Waals surface area contributed by atoms with Crippen LogP contribution in [0.15, 0.2) is 32.9 Å². The van der Waals surface area contributed by atoms with Crippen LogP contribution >= 0.6 is 0 Å². The molecule has 0 fully saturated rings. The van der Waals surface area contributed by atoms with Gasteiger partial charge < -0.3 is 9.47 Å². The molecule has 0 spiro atoms. The van der Waals surface area contributed by atoms with E-state index < -0.39 is 17.2 Å². The summed E-state index contributed by atoms with van der Waals surface area (Å²) >= 11 is 0. The third-order valence-corrected chi connectivity index (χ3v) is 2.91. The van der Waals surface area contributed by atoms with Gasteiger partial charge >= 0.3 is 5.69 Å². The second-order valence-corrected chi connectivity index (χ2v) is 4.54. The Balaban J connectivity index is 1.60. The van der Waals surface area contributed by atoms with Crippen molar-refractivity contribution in [1.29, 1.82) is 0 Å². The van der Waals surface area contributed by atoms with Crippen molar-refractivity contribution in [3.05, 3.63) is 50.3 Å². The first-order chi connectivity index (χ1) is 11.1. The van der Waals surface area contributed by atoms with Gasteiger partial charge in [0.2, 0.25) is 12.7 Å². The van der Waals surface area contributed by atoms with E-state index in [1.54, 1.807) is 18.2 Å². The number of carbonyl (C=O) groups excluding carboxylic acids is 1. The molecule has 0 saturated heterocycles. The lowest BCUT2D eigenvalue weighted by Gasteiger charge is -1.99. The average molecular weight is 317 g/mol. The van der Waals surface area contributed by atoms with Crippen molar-refractivity contribution in [2.45, 2.75) is 6.42 Å². The molecular weight excluding hydrogens is 306 g/mol. The highest BCUT2D eigenvalue weighted by molar-refractivity contribution is 5.83. The van der Waals surface area contributed by atoms with E-state index in [1.165, 1.54) is 6.21 Å². The molecule has 2 heterocycles. The molecule has 3 N–H and O–H groups in total. The van der Waals surface area contributed by atoms with Gasteiger partial charge in [-0.25, -0.2) is 15.3 Å². The number of hydrogen-bond acceptors (Lipinski definition) is 7. The van der Waals surface area contributed by atoms with Crippen LogP contribution in [-0.2, 0) is 11.2 Å². The number of H-pyrrole nitrogens is 2. The molecule has 10 nitrogen and oxygen atoms in total. The van der Waals surface area contributed by atoms with Gasteiger partial charge in [0.25, 0.3) is 5.56 Å². The molecule has 1 aromatic heterocycles. The van der Waals surface area contributed by atoms with E-state index in [4.69, 9.17) is 9.47 Å². The molecule has 0 atom stereocenters. The van der Waals surface area contributed by atoms with Gasteiger partial charge in [-0.1, -0.05) is 0 Å². The summed E-state index contributed by atoms with van der Waals surface area (Å²) in [5.74, 6) is 0.700. The topological polar surface area (TPSA) is 139 Å². The molecule has 0 aliphatic carbocycles. The number of aromatic amines is 2. The minimum Gasteiger partial charge on any atom is -0.454 e. The highest BCUT2D eigenvalue weighted by atomic mass is 16.7. The van der Waals surface area contributed by atoms with Crippen molar-refractivity contribution in [1.82, 2.24) is 20.6 Å². The van der Waals surface area contributed by atoms with E-state index in [9.17, 15) is 14.4 Å². The third kappa shape index (κ3) is 3.43. The molecule has 1 aliphatic heterocycles. The van der Waals surface area contributed by atoms with E-state index in [2.05, 4.69) is 15.6 Å². The zero-order chi connectivity index (χ0) is 16.2. The Morgan fingerprint density at radius 2 is 2.17 bits per heavy atom. The maximum absolute atomic E-state index is 11.7. The number of amides is 1. The molecule has 23 heavy (non-hydrogen) atoms. The lowest BCUT2D eigenvalue weighted by Crippen LogP contribution is -2.31. The number of rotatable bonds is 4. The van der Waals surface area contributed by atoms with Crippen molar-refractivity contribution in [3.63, 3.8) is 0 Å². The first kappa shape index (κ1) is 14.5. The van der Waals surface area contributed by atoms with E-state index in [0.29, 0.717) is 17.1 Å². The summed E-state index contributed by atoms with van der Waals surface area (Å²) in [5, 5.41) is 9.32.